The second-order valence-corrected chi connectivity index (χ2v) is 5.72. The molecule has 108 valence electrons. The predicted octanol–water partition coefficient (Wildman–Crippen LogP) is 1.92. The van der Waals surface area contributed by atoms with Gasteiger partial charge >= 0.3 is 0 Å². The van der Waals surface area contributed by atoms with Crippen molar-refractivity contribution in [3.05, 3.63) is 40.8 Å². The van der Waals surface area contributed by atoms with Crippen LogP contribution < -0.4 is 5.32 Å². The second kappa shape index (κ2) is 6.67. The molecule has 0 unspecified atom stereocenters. The van der Waals surface area contributed by atoms with E-state index in [1.807, 2.05) is 27.1 Å². The van der Waals surface area contributed by atoms with Crippen molar-refractivity contribution in [2.24, 2.45) is 0 Å². The molecular weight excluding hydrogens is 272 g/mol. The molecule has 0 fully saturated rings. The van der Waals surface area contributed by atoms with Gasteiger partial charge in [0.25, 0.3) is 0 Å². The number of thiophene rings is 1. The zero-order chi connectivity index (χ0) is 14.5. The molecule has 0 saturated carbocycles. The zero-order valence-corrected chi connectivity index (χ0v) is 12.8. The maximum absolute atomic E-state index is 12.2. The summed E-state index contributed by atoms with van der Waals surface area (Å²) in [6.07, 6.45) is 3.48. The third kappa shape index (κ3) is 3.46. The van der Waals surface area contributed by atoms with Crippen molar-refractivity contribution in [3.63, 3.8) is 0 Å². The summed E-state index contributed by atoms with van der Waals surface area (Å²) in [5, 5.41) is 11.3. The minimum absolute atomic E-state index is 0.0178. The van der Waals surface area contributed by atoms with Crippen LogP contribution in [-0.4, -0.2) is 41.2 Å². The molecule has 0 aliphatic rings. The average molecular weight is 292 g/mol. The summed E-state index contributed by atoms with van der Waals surface area (Å²) in [7, 11) is 4.04. The monoisotopic (exact) mass is 292 g/mol. The lowest BCUT2D eigenvalue weighted by Crippen LogP contribution is -2.37. The molecule has 0 saturated heterocycles. The number of carbonyl (C=O) groups is 1. The normalized spacial score (nSPS) is 14.2. The molecule has 1 amide bonds. The van der Waals surface area contributed by atoms with Gasteiger partial charge in [-0.1, -0.05) is 0 Å². The van der Waals surface area contributed by atoms with Crippen LogP contribution in [0.25, 0.3) is 0 Å². The van der Waals surface area contributed by atoms with Gasteiger partial charge in [0.05, 0.1) is 6.04 Å². The van der Waals surface area contributed by atoms with Crippen molar-refractivity contribution in [1.82, 2.24) is 20.0 Å². The van der Waals surface area contributed by atoms with Gasteiger partial charge in [0.15, 0.2) is 0 Å². The molecule has 2 aromatic heterocycles. The van der Waals surface area contributed by atoms with E-state index in [0.717, 1.165) is 0 Å². The lowest BCUT2D eigenvalue weighted by atomic mass is 10.1. The van der Waals surface area contributed by atoms with Crippen molar-refractivity contribution in [2.75, 3.05) is 20.6 Å². The molecule has 0 radical (unpaired) electrons. The summed E-state index contributed by atoms with van der Waals surface area (Å²) in [6.45, 7) is 2.44. The predicted molar refractivity (Wildman–Crippen MR) is 80.7 cm³/mol. The van der Waals surface area contributed by atoms with E-state index in [2.05, 4.69) is 32.1 Å². The van der Waals surface area contributed by atoms with Crippen LogP contribution in [-0.2, 0) is 4.79 Å². The first kappa shape index (κ1) is 14.7. The average Bonchev–Trinajstić information content (AvgIpc) is 3.10. The number of hydrogen-bond donors (Lipinski definition) is 1. The van der Waals surface area contributed by atoms with Gasteiger partial charge in [-0.05, 0) is 49.5 Å². The maximum Gasteiger partial charge on any atom is 0.244 e. The van der Waals surface area contributed by atoms with Crippen molar-refractivity contribution in [2.45, 2.75) is 19.0 Å². The largest absolute Gasteiger partial charge is 0.352 e. The van der Waals surface area contributed by atoms with Gasteiger partial charge in [0.2, 0.25) is 5.91 Å². The van der Waals surface area contributed by atoms with Gasteiger partial charge in [-0.15, -0.1) is 0 Å². The highest BCUT2D eigenvalue weighted by atomic mass is 32.1. The van der Waals surface area contributed by atoms with Gasteiger partial charge in [-0.25, -0.2) is 0 Å². The van der Waals surface area contributed by atoms with Gasteiger partial charge < -0.3 is 10.2 Å². The molecule has 5 nitrogen and oxygen atoms in total. The maximum atomic E-state index is 12.2. The van der Waals surface area contributed by atoms with Crippen LogP contribution >= 0.6 is 11.3 Å². The van der Waals surface area contributed by atoms with Crippen LogP contribution in [0.15, 0.2) is 35.3 Å². The molecule has 0 spiro atoms. The Balaban J connectivity index is 1.94. The van der Waals surface area contributed by atoms with E-state index in [4.69, 9.17) is 0 Å². The van der Waals surface area contributed by atoms with E-state index >= 15 is 0 Å². The van der Waals surface area contributed by atoms with Crippen molar-refractivity contribution < 1.29 is 4.79 Å². The number of nitrogens with one attached hydrogen (secondary N) is 1. The smallest absolute Gasteiger partial charge is 0.244 e. The molecule has 0 aliphatic carbocycles. The Labute approximate surface area is 123 Å². The fourth-order valence-electron chi connectivity index (χ4n) is 2.04. The Kier molecular flexibility index (Phi) is 4.92. The van der Waals surface area contributed by atoms with E-state index in [-0.39, 0.29) is 18.0 Å². The number of carbonyl (C=O) groups excluding carboxylic acids is 1. The lowest BCUT2D eigenvalue weighted by Gasteiger charge is -2.24. The van der Waals surface area contributed by atoms with E-state index in [1.54, 1.807) is 28.4 Å². The fourth-order valence-corrected chi connectivity index (χ4v) is 2.75. The van der Waals surface area contributed by atoms with Crippen LogP contribution in [0.3, 0.4) is 0 Å². The Morgan fingerprint density at radius 1 is 1.55 bits per heavy atom. The molecule has 20 heavy (non-hydrogen) atoms. The third-order valence-electron chi connectivity index (χ3n) is 3.32. The quantitative estimate of drug-likeness (QED) is 0.885. The molecule has 2 heterocycles. The minimum Gasteiger partial charge on any atom is -0.352 e. The van der Waals surface area contributed by atoms with Crippen molar-refractivity contribution in [1.29, 1.82) is 0 Å². The fraction of sp³-hybridized carbons (Fsp3) is 0.429. The van der Waals surface area contributed by atoms with Crippen LogP contribution in [0.4, 0.5) is 0 Å². The summed E-state index contributed by atoms with van der Waals surface area (Å²) in [4.78, 5) is 14.3. The molecular formula is C14H20N4OS. The van der Waals surface area contributed by atoms with E-state index < -0.39 is 0 Å². The highest BCUT2D eigenvalue weighted by Crippen LogP contribution is 2.20. The first-order chi connectivity index (χ1) is 9.59. The highest BCUT2D eigenvalue weighted by Gasteiger charge is 2.19. The molecule has 2 atom stereocenters. The van der Waals surface area contributed by atoms with Gasteiger partial charge in [0, 0.05) is 18.9 Å². The Morgan fingerprint density at radius 2 is 2.35 bits per heavy atom. The van der Waals surface area contributed by atoms with Crippen molar-refractivity contribution >= 4 is 17.2 Å². The topological polar surface area (TPSA) is 50.2 Å². The molecule has 0 aromatic carbocycles. The van der Waals surface area contributed by atoms with Gasteiger partial charge in [-0.3, -0.25) is 9.48 Å². The molecule has 1 N–H and O–H groups in total. The summed E-state index contributed by atoms with van der Waals surface area (Å²) in [5.74, 6) is -0.0178. The van der Waals surface area contributed by atoms with Crippen LogP contribution in [0.1, 0.15) is 24.6 Å². The van der Waals surface area contributed by atoms with Crippen LogP contribution in [0.5, 0.6) is 0 Å². The number of aromatic nitrogens is 2. The minimum atomic E-state index is -0.296. The van der Waals surface area contributed by atoms with Crippen LogP contribution in [0.2, 0.25) is 0 Å². The Morgan fingerprint density at radius 3 is 2.90 bits per heavy atom. The SMILES string of the molecule is C[C@H](C(=O)NC[C@H](c1ccsc1)N(C)C)n1cccn1. The highest BCUT2D eigenvalue weighted by molar-refractivity contribution is 7.07. The van der Waals surface area contributed by atoms with E-state index in [1.165, 1.54) is 5.56 Å². The third-order valence-corrected chi connectivity index (χ3v) is 4.02. The molecule has 2 aromatic rings. The lowest BCUT2D eigenvalue weighted by molar-refractivity contribution is -0.124. The number of nitrogens with zero attached hydrogens (tertiary/aromatic N) is 3. The second-order valence-electron chi connectivity index (χ2n) is 4.94. The first-order valence-electron chi connectivity index (χ1n) is 6.55. The van der Waals surface area contributed by atoms with Crippen LogP contribution in [0, 0.1) is 0 Å². The molecule has 0 bridgehead atoms. The molecule has 0 aliphatic heterocycles. The summed E-state index contributed by atoms with van der Waals surface area (Å²) in [6, 6.07) is 3.81. The van der Waals surface area contributed by atoms with Gasteiger partial charge in [0.1, 0.15) is 6.04 Å². The molecule has 2 rings (SSSR count). The molecule has 6 heteroatoms. The zero-order valence-electron chi connectivity index (χ0n) is 12.0. The number of likely N-dealkylation sites (N-methyl/N-ethyl adjacent to an activating group) is 1. The van der Waals surface area contributed by atoms with Crippen molar-refractivity contribution in [3.8, 4) is 0 Å². The Bertz CT molecular complexity index is 521. The van der Waals surface area contributed by atoms with Gasteiger partial charge in [-0.2, -0.15) is 16.4 Å². The first-order valence-corrected chi connectivity index (χ1v) is 7.49. The Hall–Kier alpha value is -1.66. The van der Waals surface area contributed by atoms with E-state index in [0.29, 0.717) is 6.54 Å². The summed E-state index contributed by atoms with van der Waals surface area (Å²) < 4.78 is 1.66. The van der Waals surface area contributed by atoms with E-state index in [9.17, 15) is 4.79 Å². The summed E-state index contributed by atoms with van der Waals surface area (Å²) >= 11 is 1.67. The number of rotatable bonds is 6. The number of amides is 1. The standard InChI is InChI=1S/C14H20N4OS/c1-11(18-7-4-6-16-18)14(19)15-9-13(17(2)3)12-5-8-20-10-12/h4-8,10-11,13H,9H2,1-3H3,(H,15,19)/t11-,13-/m1/s1. The summed E-state index contributed by atoms with van der Waals surface area (Å²) in [5.41, 5.74) is 1.23. The number of hydrogen-bond acceptors (Lipinski definition) is 4.